The van der Waals surface area contributed by atoms with Crippen LogP contribution in [-0.4, -0.2) is 17.1 Å². The van der Waals surface area contributed by atoms with Crippen LogP contribution in [0.1, 0.15) is 27.2 Å². The molecule has 0 saturated heterocycles. The van der Waals surface area contributed by atoms with Gasteiger partial charge in [-0.2, -0.15) is 0 Å². The molecule has 0 radical (unpaired) electrons. The number of hydrogen-bond donors (Lipinski definition) is 1. The molecule has 0 saturated carbocycles. The van der Waals surface area contributed by atoms with E-state index in [-0.39, 0.29) is 5.54 Å². The van der Waals surface area contributed by atoms with Gasteiger partial charge in [-0.05, 0) is 60.9 Å². The predicted octanol–water partition coefficient (Wildman–Crippen LogP) is 6.20. The molecular weight excluding hydrogens is 356 g/mol. The zero-order valence-electron chi connectivity index (χ0n) is 17.4. The first-order valence-corrected chi connectivity index (χ1v) is 10.2. The van der Waals surface area contributed by atoms with Crippen molar-refractivity contribution >= 4 is 21.7 Å². The second-order valence-corrected chi connectivity index (χ2v) is 8.64. The van der Waals surface area contributed by atoms with Crippen molar-refractivity contribution in [2.45, 2.75) is 32.7 Å². The SMILES string of the molecule is C[C@H](COc1ccc(-c2ccnc3ccccc23)c2ccccc12)CC(C)(C)N. The molecule has 0 unspecified atom stereocenters. The molecule has 0 aliphatic heterocycles. The number of aromatic nitrogens is 1. The topological polar surface area (TPSA) is 48.1 Å². The van der Waals surface area contributed by atoms with Crippen LogP contribution in [-0.2, 0) is 0 Å². The van der Waals surface area contributed by atoms with Crippen molar-refractivity contribution in [2.75, 3.05) is 6.61 Å². The molecule has 0 fully saturated rings. The highest BCUT2D eigenvalue weighted by Crippen LogP contribution is 2.37. The third-order valence-electron chi connectivity index (χ3n) is 5.22. The first-order chi connectivity index (χ1) is 13.9. The molecule has 0 spiro atoms. The van der Waals surface area contributed by atoms with Crippen LogP contribution in [0.15, 0.2) is 72.9 Å². The Morgan fingerprint density at radius 3 is 2.28 bits per heavy atom. The number of rotatable bonds is 6. The van der Waals surface area contributed by atoms with E-state index in [4.69, 9.17) is 10.5 Å². The molecule has 4 rings (SSSR count). The molecule has 0 bridgehead atoms. The van der Waals surface area contributed by atoms with Gasteiger partial charge in [0.2, 0.25) is 0 Å². The zero-order chi connectivity index (χ0) is 20.4. The third-order valence-corrected chi connectivity index (χ3v) is 5.22. The summed E-state index contributed by atoms with van der Waals surface area (Å²) in [7, 11) is 0. The van der Waals surface area contributed by atoms with Crippen molar-refractivity contribution in [3.8, 4) is 16.9 Å². The number of nitrogens with zero attached hydrogens (tertiary/aromatic N) is 1. The van der Waals surface area contributed by atoms with Crippen LogP contribution >= 0.6 is 0 Å². The summed E-state index contributed by atoms with van der Waals surface area (Å²) >= 11 is 0. The lowest BCUT2D eigenvalue weighted by atomic mass is 9.93. The van der Waals surface area contributed by atoms with E-state index in [1.807, 2.05) is 12.3 Å². The Labute approximate surface area is 172 Å². The van der Waals surface area contributed by atoms with Gasteiger partial charge in [0.25, 0.3) is 0 Å². The molecular formula is C26H28N2O. The average Bonchev–Trinajstić information content (AvgIpc) is 2.70. The maximum Gasteiger partial charge on any atom is 0.127 e. The Hall–Kier alpha value is -2.91. The number of pyridine rings is 1. The molecule has 148 valence electrons. The Balaban J connectivity index is 1.73. The molecule has 1 heterocycles. The number of fused-ring (bicyclic) bond motifs is 2. The van der Waals surface area contributed by atoms with Gasteiger partial charge in [0.05, 0.1) is 12.1 Å². The first-order valence-electron chi connectivity index (χ1n) is 10.2. The second-order valence-electron chi connectivity index (χ2n) is 8.64. The van der Waals surface area contributed by atoms with Crippen LogP contribution in [0.3, 0.4) is 0 Å². The summed E-state index contributed by atoms with van der Waals surface area (Å²) in [4.78, 5) is 4.51. The van der Waals surface area contributed by atoms with Crippen molar-refractivity contribution in [2.24, 2.45) is 11.7 Å². The van der Waals surface area contributed by atoms with Gasteiger partial charge in [0, 0.05) is 22.5 Å². The monoisotopic (exact) mass is 384 g/mol. The fraction of sp³-hybridized carbons (Fsp3) is 0.269. The molecule has 0 aliphatic rings. The third kappa shape index (κ3) is 4.25. The molecule has 4 aromatic rings. The van der Waals surface area contributed by atoms with E-state index in [1.54, 1.807) is 0 Å². The summed E-state index contributed by atoms with van der Waals surface area (Å²) in [6, 6.07) is 23.1. The zero-order valence-corrected chi connectivity index (χ0v) is 17.4. The molecule has 2 N–H and O–H groups in total. The van der Waals surface area contributed by atoms with E-state index >= 15 is 0 Å². The molecule has 3 aromatic carbocycles. The maximum absolute atomic E-state index is 6.24. The number of hydrogen-bond acceptors (Lipinski definition) is 3. The average molecular weight is 385 g/mol. The molecule has 1 aromatic heterocycles. The van der Waals surface area contributed by atoms with Crippen LogP contribution in [0.25, 0.3) is 32.8 Å². The van der Waals surface area contributed by atoms with Crippen molar-refractivity contribution in [3.05, 3.63) is 72.9 Å². The summed E-state index contributed by atoms with van der Waals surface area (Å²) in [5, 5.41) is 3.48. The summed E-state index contributed by atoms with van der Waals surface area (Å²) < 4.78 is 6.24. The molecule has 3 nitrogen and oxygen atoms in total. The molecule has 29 heavy (non-hydrogen) atoms. The van der Waals surface area contributed by atoms with Crippen molar-refractivity contribution in [3.63, 3.8) is 0 Å². The largest absolute Gasteiger partial charge is 0.493 e. The predicted molar refractivity (Wildman–Crippen MR) is 122 cm³/mol. The normalized spacial score (nSPS) is 13.0. The van der Waals surface area contributed by atoms with E-state index < -0.39 is 0 Å². The standard InChI is InChI=1S/C26H28N2O/c1-18(16-26(2,3)27)17-29-25-13-12-20(19-8-4-5-10-23(19)25)21-14-15-28-24-11-7-6-9-22(21)24/h4-15,18H,16-17,27H2,1-3H3/t18-/m0/s1. The first kappa shape index (κ1) is 19.4. The minimum Gasteiger partial charge on any atom is -0.493 e. The lowest BCUT2D eigenvalue weighted by Gasteiger charge is -2.23. The highest BCUT2D eigenvalue weighted by molar-refractivity contribution is 6.06. The van der Waals surface area contributed by atoms with Gasteiger partial charge in [-0.15, -0.1) is 0 Å². The van der Waals surface area contributed by atoms with Crippen LogP contribution in [0.5, 0.6) is 5.75 Å². The van der Waals surface area contributed by atoms with Crippen LogP contribution in [0.2, 0.25) is 0 Å². The smallest absolute Gasteiger partial charge is 0.127 e. The number of ether oxygens (including phenoxy) is 1. The number of para-hydroxylation sites is 1. The van der Waals surface area contributed by atoms with Crippen LogP contribution in [0.4, 0.5) is 0 Å². The van der Waals surface area contributed by atoms with Crippen molar-refractivity contribution in [1.29, 1.82) is 0 Å². The van der Waals surface area contributed by atoms with E-state index in [9.17, 15) is 0 Å². The van der Waals surface area contributed by atoms with E-state index in [0.29, 0.717) is 12.5 Å². The quantitative estimate of drug-likeness (QED) is 0.431. The van der Waals surface area contributed by atoms with E-state index in [2.05, 4.69) is 86.4 Å². The summed E-state index contributed by atoms with van der Waals surface area (Å²) in [5.74, 6) is 1.31. The minimum absolute atomic E-state index is 0.183. The van der Waals surface area contributed by atoms with Crippen LogP contribution < -0.4 is 10.5 Å². The Morgan fingerprint density at radius 2 is 1.52 bits per heavy atom. The summed E-state index contributed by atoms with van der Waals surface area (Å²) in [6.07, 6.45) is 2.80. The van der Waals surface area contributed by atoms with Gasteiger partial charge >= 0.3 is 0 Å². The fourth-order valence-electron chi connectivity index (χ4n) is 4.15. The fourth-order valence-corrected chi connectivity index (χ4v) is 4.15. The lowest BCUT2D eigenvalue weighted by Crippen LogP contribution is -2.35. The van der Waals surface area contributed by atoms with Gasteiger partial charge in [0.1, 0.15) is 5.75 Å². The summed E-state index contributed by atoms with van der Waals surface area (Å²) in [5.41, 5.74) is 9.38. The van der Waals surface area contributed by atoms with Crippen molar-refractivity contribution < 1.29 is 4.74 Å². The van der Waals surface area contributed by atoms with Gasteiger partial charge in [-0.25, -0.2) is 0 Å². The van der Waals surface area contributed by atoms with E-state index in [0.717, 1.165) is 28.5 Å². The highest BCUT2D eigenvalue weighted by atomic mass is 16.5. The van der Waals surface area contributed by atoms with E-state index in [1.165, 1.54) is 16.5 Å². The van der Waals surface area contributed by atoms with Gasteiger partial charge < -0.3 is 10.5 Å². The number of benzene rings is 3. The summed E-state index contributed by atoms with van der Waals surface area (Å²) in [6.45, 7) is 6.97. The Kier molecular flexibility index (Phi) is 5.25. The second kappa shape index (κ2) is 7.84. The molecule has 0 aliphatic carbocycles. The van der Waals surface area contributed by atoms with Crippen LogP contribution in [0, 0.1) is 5.92 Å². The van der Waals surface area contributed by atoms with Crippen molar-refractivity contribution in [1.82, 2.24) is 4.98 Å². The number of nitrogens with two attached hydrogens (primary N) is 1. The molecule has 0 amide bonds. The molecule has 1 atom stereocenters. The lowest BCUT2D eigenvalue weighted by molar-refractivity contribution is 0.231. The highest BCUT2D eigenvalue weighted by Gasteiger charge is 2.17. The van der Waals surface area contributed by atoms with Gasteiger partial charge in [-0.1, -0.05) is 55.5 Å². The maximum atomic E-state index is 6.24. The van der Waals surface area contributed by atoms with Gasteiger partial charge in [0.15, 0.2) is 0 Å². The van der Waals surface area contributed by atoms with Gasteiger partial charge in [-0.3, -0.25) is 4.98 Å². The Bertz CT molecular complexity index is 1140. The minimum atomic E-state index is -0.183. The molecule has 3 heteroatoms. The Morgan fingerprint density at radius 1 is 0.862 bits per heavy atom.